The van der Waals surface area contributed by atoms with Gasteiger partial charge in [0.15, 0.2) is 11.6 Å². The summed E-state index contributed by atoms with van der Waals surface area (Å²) in [7, 11) is 0. The van der Waals surface area contributed by atoms with E-state index in [9.17, 15) is 14.9 Å². The first-order chi connectivity index (χ1) is 9.49. The minimum absolute atomic E-state index is 0.0104. The quantitative estimate of drug-likeness (QED) is 0.553. The molecule has 9 nitrogen and oxygen atoms in total. The third-order valence-corrected chi connectivity index (χ3v) is 2.46. The van der Waals surface area contributed by atoms with Gasteiger partial charge in [0, 0.05) is 17.7 Å². The van der Waals surface area contributed by atoms with Crippen molar-refractivity contribution in [2.75, 3.05) is 16.8 Å². The van der Waals surface area contributed by atoms with Crippen LogP contribution >= 0.6 is 0 Å². The number of nitrogens with one attached hydrogen (secondary N) is 1. The minimum atomic E-state index is -0.595. The van der Waals surface area contributed by atoms with E-state index < -0.39 is 10.8 Å². The molecule has 1 aromatic heterocycles. The molecule has 0 saturated heterocycles. The van der Waals surface area contributed by atoms with Crippen LogP contribution in [0.2, 0.25) is 0 Å². The Morgan fingerprint density at radius 3 is 2.50 bits per heavy atom. The van der Waals surface area contributed by atoms with Crippen molar-refractivity contribution in [1.82, 2.24) is 9.97 Å². The molecule has 102 valence electrons. The van der Waals surface area contributed by atoms with Gasteiger partial charge in [0.25, 0.3) is 11.6 Å². The summed E-state index contributed by atoms with van der Waals surface area (Å²) in [5.41, 5.74) is 11.1. The van der Waals surface area contributed by atoms with E-state index in [1.807, 2.05) is 0 Å². The molecule has 9 heteroatoms. The van der Waals surface area contributed by atoms with Gasteiger partial charge in [-0.05, 0) is 6.07 Å². The molecule has 0 fully saturated rings. The number of amides is 1. The van der Waals surface area contributed by atoms with Gasteiger partial charge in [-0.25, -0.2) is 9.97 Å². The van der Waals surface area contributed by atoms with Crippen molar-refractivity contribution in [1.29, 1.82) is 0 Å². The fourth-order valence-corrected chi connectivity index (χ4v) is 1.49. The van der Waals surface area contributed by atoms with E-state index in [2.05, 4.69) is 15.3 Å². The molecule has 0 aliphatic carbocycles. The lowest BCUT2D eigenvalue weighted by Crippen LogP contribution is -2.16. The standard InChI is InChI=1S/C11H10N6O3/c12-9-8(10(13)15-5-14-9)16-11(18)6-2-1-3-7(4-6)17(19)20/h1-5H,(H,16,18)(H4,12,13,14,15). The fourth-order valence-electron chi connectivity index (χ4n) is 1.49. The molecule has 0 aliphatic heterocycles. The molecular weight excluding hydrogens is 264 g/mol. The monoisotopic (exact) mass is 274 g/mol. The number of carbonyl (C=O) groups excluding carboxylic acids is 1. The van der Waals surface area contributed by atoms with E-state index >= 15 is 0 Å². The molecule has 0 unspecified atom stereocenters. The Labute approximate surface area is 112 Å². The molecule has 1 amide bonds. The Balaban J connectivity index is 2.29. The summed E-state index contributed by atoms with van der Waals surface area (Å²) in [6, 6.07) is 5.26. The largest absolute Gasteiger partial charge is 0.382 e. The van der Waals surface area contributed by atoms with E-state index in [4.69, 9.17) is 11.5 Å². The van der Waals surface area contributed by atoms with Gasteiger partial charge in [0.05, 0.1) is 4.92 Å². The zero-order valence-electron chi connectivity index (χ0n) is 10.1. The average Bonchev–Trinajstić information content (AvgIpc) is 2.43. The van der Waals surface area contributed by atoms with Crippen LogP contribution in [0.4, 0.5) is 23.0 Å². The van der Waals surface area contributed by atoms with Crippen molar-refractivity contribution < 1.29 is 9.72 Å². The summed E-state index contributed by atoms with van der Waals surface area (Å²) >= 11 is 0. The number of nitrogen functional groups attached to an aromatic ring is 2. The van der Waals surface area contributed by atoms with Gasteiger partial charge in [-0.15, -0.1) is 0 Å². The van der Waals surface area contributed by atoms with Crippen molar-refractivity contribution in [3.05, 3.63) is 46.3 Å². The number of rotatable bonds is 3. The summed E-state index contributed by atoms with van der Waals surface area (Å²) in [5.74, 6) is -0.575. The lowest BCUT2D eigenvalue weighted by atomic mass is 10.2. The number of hydrogen-bond acceptors (Lipinski definition) is 7. The first-order valence-electron chi connectivity index (χ1n) is 5.41. The predicted molar refractivity (Wildman–Crippen MR) is 71.9 cm³/mol. The molecule has 0 spiro atoms. The van der Waals surface area contributed by atoms with E-state index in [1.165, 1.54) is 18.2 Å². The summed E-state index contributed by atoms with van der Waals surface area (Å²) < 4.78 is 0. The number of carbonyl (C=O) groups is 1. The number of nitro groups is 1. The summed E-state index contributed by atoms with van der Waals surface area (Å²) in [6.07, 6.45) is 1.16. The van der Waals surface area contributed by atoms with Crippen LogP contribution in [0, 0.1) is 10.1 Å². The highest BCUT2D eigenvalue weighted by molar-refractivity contribution is 6.07. The third-order valence-electron chi connectivity index (χ3n) is 2.46. The lowest BCUT2D eigenvalue weighted by Gasteiger charge is -2.08. The minimum Gasteiger partial charge on any atom is -0.382 e. The van der Waals surface area contributed by atoms with Gasteiger partial charge in [-0.2, -0.15) is 0 Å². The number of benzene rings is 1. The molecule has 0 radical (unpaired) electrons. The van der Waals surface area contributed by atoms with Crippen molar-refractivity contribution >= 4 is 28.9 Å². The Bertz CT molecular complexity index is 667. The highest BCUT2D eigenvalue weighted by Crippen LogP contribution is 2.22. The molecule has 0 saturated carbocycles. The normalized spacial score (nSPS) is 10.0. The summed E-state index contributed by atoms with van der Waals surface area (Å²) in [4.78, 5) is 29.4. The first kappa shape index (κ1) is 13.2. The lowest BCUT2D eigenvalue weighted by molar-refractivity contribution is -0.384. The Morgan fingerprint density at radius 2 is 1.90 bits per heavy atom. The molecule has 0 aliphatic rings. The van der Waals surface area contributed by atoms with Crippen LogP contribution in [0.15, 0.2) is 30.6 Å². The Kier molecular flexibility index (Phi) is 3.42. The van der Waals surface area contributed by atoms with Crippen LogP contribution < -0.4 is 16.8 Å². The van der Waals surface area contributed by atoms with Crippen molar-refractivity contribution in [2.45, 2.75) is 0 Å². The van der Waals surface area contributed by atoms with E-state index in [0.29, 0.717) is 0 Å². The maximum absolute atomic E-state index is 12.0. The Hall–Kier alpha value is -3.23. The topological polar surface area (TPSA) is 150 Å². The van der Waals surface area contributed by atoms with Gasteiger partial charge >= 0.3 is 0 Å². The zero-order valence-corrected chi connectivity index (χ0v) is 10.1. The molecule has 2 rings (SSSR count). The molecule has 0 bridgehead atoms. The number of aromatic nitrogens is 2. The van der Waals surface area contributed by atoms with Gasteiger partial charge in [-0.3, -0.25) is 14.9 Å². The third kappa shape index (κ3) is 2.61. The van der Waals surface area contributed by atoms with Crippen LogP contribution in [0.1, 0.15) is 10.4 Å². The second kappa shape index (κ2) is 5.18. The maximum Gasteiger partial charge on any atom is 0.270 e. The van der Waals surface area contributed by atoms with E-state index in [1.54, 1.807) is 0 Å². The van der Waals surface area contributed by atoms with Crippen molar-refractivity contribution in [3.63, 3.8) is 0 Å². The number of nitrogens with zero attached hydrogens (tertiary/aromatic N) is 3. The molecule has 5 N–H and O–H groups in total. The number of nitro benzene ring substituents is 1. The second-order valence-electron chi connectivity index (χ2n) is 3.78. The fraction of sp³-hybridized carbons (Fsp3) is 0. The van der Waals surface area contributed by atoms with Crippen LogP contribution in [-0.2, 0) is 0 Å². The van der Waals surface area contributed by atoms with Gasteiger partial charge in [0.1, 0.15) is 12.0 Å². The average molecular weight is 274 g/mol. The van der Waals surface area contributed by atoms with Crippen molar-refractivity contribution in [2.24, 2.45) is 0 Å². The van der Waals surface area contributed by atoms with Gasteiger partial charge < -0.3 is 16.8 Å². The maximum atomic E-state index is 12.0. The number of anilines is 3. The zero-order chi connectivity index (χ0) is 14.7. The molecule has 1 aromatic carbocycles. The Morgan fingerprint density at radius 1 is 1.25 bits per heavy atom. The van der Waals surface area contributed by atoms with Crippen LogP contribution in [0.3, 0.4) is 0 Å². The summed E-state index contributed by atoms with van der Waals surface area (Å²) in [6.45, 7) is 0. The second-order valence-corrected chi connectivity index (χ2v) is 3.78. The molecule has 20 heavy (non-hydrogen) atoms. The van der Waals surface area contributed by atoms with Crippen LogP contribution in [0.25, 0.3) is 0 Å². The highest BCUT2D eigenvalue weighted by atomic mass is 16.6. The smallest absolute Gasteiger partial charge is 0.270 e. The number of nitrogens with two attached hydrogens (primary N) is 2. The van der Waals surface area contributed by atoms with Crippen LogP contribution in [0.5, 0.6) is 0 Å². The van der Waals surface area contributed by atoms with E-state index in [-0.39, 0.29) is 28.6 Å². The highest BCUT2D eigenvalue weighted by Gasteiger charge is 2.14. The van der Waals surface area contributed by atoms with Gasteiger partial charge in [0.2, 0.25) is 0 Å². The SMILES string of the molecule is Nc1ncnc(N)c1NC(=O)c1cccc([N+](=O)[O-])c1. The molecular formula is C11H10N6O3. The molecule has 2 aromatic rings. The van der Waals surface area contributed by atoms with E-state index in [0.717, 1.165) is 12.4 Å². The molecule has 0 atom stereocenters. The summed E-state index contributed by atoms with van der Waals surface area (Å²) in [5, 5.41) is 13.1. The number of non-ortho nitro benzene ring substituents is 1. The first-order valence-corrected chi connectivity index (χ1v) is 5.41. The van der Waals surface area contributed by atoms with Crippen LogP contribution in [-0.4, -0.2) is 20.8 Å². The predicted octanol–water partition coefficient (Wildman–Crippen LogP) is 0.801. The van der Waals surface area contributed by atoms with Gasteiger partial charge in [-0.1, -0.05) is 6.07 Å². The number of hydrogen-bond donors (Lipinski definition) is 3. The molecule has 1 heterocycles. The van der Waals surface area contributed by atoms with Crippen molar-refractivity contribution in [3.8, 4) is 0 Å².